The smallest absolute Gasteiger partial charge is 0.0314 e. The van der Waals surface area contributed by atoms with E-state index < -0.39 is 0 Å². The van der Waals surface area contributed by atoms with E-state index in [-0.39, 0.29) is 0 Å². The van der Waals surface area contributed by atoms with Crippen molar-refractivity contribution in [2.45, 2.75) is 37.1 Å². The summed E-state index contributed by atoms with van der Waals surface area (Å²) in [7, 11) is 1.98. The Kier molecular flexibility index (Phi) is 5.39. The highest BCUT2D eigenvalue weighted by atomic mass is 79.9. The first-order valence-electron chi connectivity index (χ1n) is 6.35. The molecule has 0 aliphatic heterocycles. The SMILES string of the molecule is CNCc1ccc(SCC2CCCC2)c(Br)c1. The minimum absolute atomic E-state index is 0.937. The van der Waals surface area contributed by atoms with E-state index in [0.29, 0.717) is 0 Å². The molecule has 17 heavy (non-hydrogen) atoms. The van der Waals surface area contributed by atoms with Crippen molar-refractivity contribution < 1.29 is 0 Å². The van der Waals surface area contributed by atoms with Crippen LogP contribution in [-0.2, 0) is 6.54 Å². The van der Waals surface area contributed by atoms with Crippen LogP contribution in [0.3, 0.4) is 0 Å². The minimum atomic E-state index is 0.937. The highest BCUT2D eigenvalue weighted by Crippen LogP contribution is 2.34. The van der Waals surface area contributed by atoms with Gasteiger partial charge < -0.3 is 5.32 Å². The summed E-state index contributed by atoms with van der Waals surface area (Å²) in [6.07, 6.45) is 5.74. The Morgan fingerprint density at radius 3 is 2.76 bits per heavy atom. The Hall–Kier alpha value is 0.01000. The first-order chi connectivity index (χ1) is 8.29. The molecule has 2 rings (SSSR count). The van der Waals surface area contributed by atoms with Gasteiger partial charge in [-0.3, -0.25) is 0 Å². The molecule has 1 N–H and O–H groups in total. The van der Waals surface area contributed by atoms with Crippen molar-refractivity contribution in [3.8, 4) is 0 Å². The largest absolute Gasteiger partial charge is 0.316 e. The maximum atomic E-state index is 3.68. The predicted molar refractivity (Wildman–Crippen MR) is 79.6 cm³/mol. The zero-order valence-electron chi connectivity index (χ0n) is 10.3. The van der Waals surface area contributed by atoms with Gasteiger partial charge in [-0.2, -0.15) is 0 Å². The molecule has 0 radical (unpaired) electrons. The maximum Gasteiger partial charge on any atom is 0.0314 e. The van der Waals surface area contributed by atoms with E-state index >= 15 is 0 Å². The van der Waals surface area contributed by atoms with Crippen LogP contribution in [0.2, 0.25) is 0 Å². The van der Waals surface area contributed by atoms with Crippen LogP contribution in [0.5, 0.6) is 0 Å². The van der Waals surface area contributed by atoms with Crippen molar-refractivity contribution in [1.29, 1.82) is 0 Å². The van der Waals surface area contributed by atoms with Gasteiger partial charge >= 0.3 is 0 Å². The summed E-state index contributed by atoms with van der Waals surface area (Å²) in [5, 5.41) is 3.18. The minimum Gasteiger partial charge on any atom is -0.316 e. The summed E-state index contributed by atoms with van der Waals surface area (Å²) in [6.45, 7) is 0.937. The van der Waals surface area contributed by atoms with Crippen LogP contribution < -0.4 is 5.32 Å². The molecule has 0 atom stereocenters. The van der Waals surface area contributed by atoms with Gasteiger partial charge in [-0.1, -0.05) is 18.9 Å². The van der Waals surface area contributed by atoms with Crippen LogP contribution in [0.15, 0.2) is 27.6 Å². The summed E-state index contributed by atoms with van der Waals surface area (Å²) in [5.41, 5.74) is 1.34. The van der Waals surface area contributed by atoms with E-state index in [1.54, 1.807) is 0 Å². The fraction of sp³-hybridized carbons (Fsp3) is 0.571. The first kappa shape index (κ1) is 13.4. The molecule has 1 fully saturated rings. The quantitative estimate of drug-likeness (QED) is 0.806. The average molecular weight is 314 g/mol. The van der Waals surface area contributed by atoms with Gasteiger partial charge in [-0.25, -0.2) is 0 Å². The third-order valence-electron chi connectivity index (χ3n) is 3.33. The first-order valence-corrected chi connectivity index (χ1v) is 8.13. The van der Waals surface area contributed by atoms with Gasteiger partial charge in [0.15, 0.2) is 0 Å². The van der Waals surface area contributed by atoms with Gasteiger partial charge in [0.25, 0.3) is 0 Å². The molecule has 94 valence electrons. The average Bonchev–Trinajstić information content (AvgIpc) is 2.81. The van der Waals surface area contributed by atoms with Crippen LogP contribution in [0.25, 0.3) is 0 Å². The molecule has 1 aromatic rings. The van der Waals surface area contributed by atoms with Crippen LogP contribution in [0, 0.1) is 5.92 Å². The fourth-order valence-electron chi connectivity index (χ4n) is 2.36. The normalized spacial score (nSPS) is 16.6. The number of halogens is 1. The number of hydrogen-bond acceptors (Lipinski definition) is 2. The number of rotatable bonds is 5. The number of hydrogen-bond donors (Lipinski definition) is 1. The van der Waals surface area contributed by atoms with Crippen LogP contribution in [0.1, 0.15) is 31.2 Å². The zero-order chi connectivity index (χ0) is 12.1. The lowest BCUT2D eigenvalue weighted by Gasteiger charge is -2.10. The van der Waals surface area contributed by atoms with E-state index in [4.69, 9.17) is 0 Å². The second kappa shape index (κ2) is 6.81. The molecule has 0 saturated heterocycles. The lowest BCUT2D eigenvalue weighted by Crippen LogP contribution is -2.04. The molecular weight excluding hydrogens is 294 g/mol. The van der Waals surface area contributed by atoms with E-state index in [2.05, 4.69) is 39.4 Å². The van der Waals surface area contributed by atoms with Crippen molar-refractivity contribution in [1.82, 2.24) is 5.32 Å². The zero-order valence-corrected chi connectivity index (χ0v) is 12.7. The van der Waals surface area contributed by atoms with E-state index in [9.17, 15) is 0 Å². The molecule has 1 aliphatic carbocycles. The van der Waals surface area contributed by atoms with Crippen LogP contribution in [0.4, 0.5) is 0 Å². The maximum absolute atomic E-state index is 3.68. The molecular formula is C14H20BrNS. The van der Waals surface area contributed by atoms with E-state index in [1.165, 1.54) is 46.4 Å². The Morgan fingerprint density at radius 2 is 2.12 bits per heavy atom. The van der Waals surface area contributed by atoms with Crippen molar-refractivity contribution in [2.24, 2.45) is 5.92 Å². The third kappa shape index (κ3) is 4.01. The highest BCUT2D eigenvalue weighted by Gasteiger charge is 2.15. The predicted octanol–water partition coefficient (Wildman–Crippen LogP) is 4.45. The van der Waals surface area contributed by atoms with Crippen molar-refractivity contribution in [2.75, 3.05) is 12.8 Å². The number of thioether (sulfide) groups is 1. The lowest BCUT2D eigenvalue weighted by molar-refractivity contribution is 0.623. The standard InChI is InChI=1S/C14H20BrNS/c1-16-9-12-6-7-14(13(15)8-12)17-10-11-4-2-3-5-11/h6-8,11,16H,2-5,9-10H2,1H3. The van der Waals surface area contributed by atoms with Crippen molar-refractivity contribution in [3.63, 3.8) is 0 Å². The van der Waals surface area contributed by atoms with Gasteiger partial charge in [0, 0.05) is 21.7 Å². The second-order valence-corrected chi connectivity index (χ2v) is 6.67. The topological polar surface area (TPSA) is 12.0 Å². The monoisotopic (exact) mass is 313 g/mol. The summed E-state index contributed by atoms with van der Waals surface area (Å²) >= 11 is 5.68. The lowest BCUT2D eigenvalue weighted by atomic mass is 10.1. The van der Waals surface area contributed by atoms with E-state index in [0.717, 1.165) is 12.5 Å². The van der Waals surface area contributed by atoms with Gasteiger partial charge in [0.1, 0.15) is 0 Å². The molecule has 1 aliphatic rings. The second-order valence-electron chi connectivity index (χ2n) is 4.76. The Morgan fingerprint density at radius 1 is 1.35 bits per heavy atom. The number of benzene rings is 1. The molecule has 0 bridgehead atoms. The van der Waals surface area contributed by atoms with Crippen LogP contribution >= 0.6 is 27.7 Å². The molecule has 0 heterocycles. The summed E-state index contributed by atoms with van der Waals surface area (Å²) < 4.78 is 1.24. The summed E-state index contributed by atoms with van der Waals surface area (Å²) in [4.78, 5) is 1.39. The van der Waals surface area contributed by atoms with E-state index in [1.807, 2.05) is 18.8 Å². The molecule has 0 aromatic heterocycles. The van der Waals surface area contributed by atoms with Gasteiger partial charge in [-0.05, 0) is 59.4 Å². The van der Waals surface area contributed by atoms with Crippen molar-refractivity contribution >= 4 is 27.7 Å². The molecule has 0 unspecified atom stereocenters. The summed E-state index contributed by atoms with van der Waals surface area (Å²) in [6, 6.07) is 6.70. The van der Waals surface area contributed by atoms with Gasteiger partial charge in [0.2, 0.25) is 0 Å². The van der Waals surface area contributed by atoms with Gasteiger partial charge in [-0.15, -0.1) is 11.8 Å². The molecule has 1 nitrogen and oxygen atoms in total. The highest BCUT2D eigenvalue weighted by molar-refractivity contribution is 9.10. The Balaban J connectivity index is 1.91. The molecule has 3 heteroatoms. The number of nitrogens with one attached hydrogen (secondary N) is 1. The molecule has 0 spiro atoms. The summed E-state index contributed by atoms with van der Waals surface area (Å²) in [5.74, 6) is 2.23. The van der Waals surface area contributed by atoms with Crippen LogP contribution in [-0.4, -0.2) is 12.8 Å². The fourth-order valence-corrected chi connectivity index (χ4v) is 4.24. The third-order valence-corrected chi connectivity index (χ3v) is 5.55. The molecule has 1 aromatic carbocycles. The Labute approximate surface area is 117 Å². The molecule has 1 saturated carbocycles. The van der Waals surface area contributed by atoms with Crippen molar-refractivity contribution in [3.05, 3.63) is 28.2 Å². The Bertz CT molecular complexity index is 361. The van der Waals surface area contributed by atoms with Gasteiger partial charge in [0.05, 0.1) is 0 Å². The molecule has 0 amide bonds.